The van der Waals surface area contributed by atoms with Crippen LogP contribution in [0.3, 0.4) is 0 Å². The summed E-state index contributed by atoms with van der Waals surface area (Å²) in [5, 5.41) is 8.41. The number of hydrogen-bond donors (Lipinski definition) is 1. The zero-order valence-electron chi connectivity index (χ0n) is 7.97. The summed E-state index contributed by atoms with van der Waals surface area (Å²) in [4.78, 5) is 6.85. The van der Waals surface area contributed by atoms with E-state index in [9.17, 15) is 0 Å². The van der Waals surface area contributed by atoms with Crippen LogP contribution in [0.4, 0.5) is 0 Å². The molecule has 2 fully saturated rings. The molecule has 4 heteroatoms. The van der Waals surface area contributed by atoms with Crippen LogP contribution in [-0.4, -0.2) is 27.3 Å². The van der Waals surface area contributed by atoms with E-state index in [4.69, 9.17) is 9.84 Å². The molecule has 4 nitrogen and oxygen atoms in total. The topological polar surface area (TPSA) is 58.5 Å². The van der Waals surface area contributed by atoms with Crippen LogP contribution in [0.1, 0.15) is 25.7 Å². The van der Waals surface area contributed by atoms with Crippen molar-refractivity contribution in [2.24, 2.45) is 0 Å². The van der Waals surface area contributed by atoms with Crippen LogP contribution in [0.15, 0.2) is 18.5 Å². The first kappa shape index (κ1) is 9.40. The minimum atomic E-state index is -0.178. The SMILES string of the molecule is C1CCC2OC2C1.Oc1ncccn1. The zero-order valence-corrected chi connectivity index (χ0v) is 7.97. The van der Waals surface area contributed by atoms with Crippen LogP contribution in [0, 0.1) is 0 Å². The Morgan fingerprint density at radius 2 is 1.71 bits per heavy atom. The second-order valence-corrected chi connectivity index (χ2v) is 3.55. The van der Waals surface area contributed by atoms with Crippen molar-refractivity contribution in [2.75, 3.05) is 0 Å². The van der Waals surface area contributed by atoms with E-state index in [1.165, 1.54) is 38.1 Å². The van der Waals surface area contributed by atoms with Crippen LogP contribution in [0.5, 0.6) is 6.01 Å². The van der Waals surface area contributed by atoms with Crippen molar-refractivity contribution in [2.45, 2.75) is 37.9 Å². The maximum absolute atomic E-state index is 8.41. The lowest BCUT2D eigenvalue weighted by Crippen LogP contribution is -2.00. The smallest absolute Gasteiger partial charge is 0.313 e. The highest BCUT2D eigenvalue weighted by Gasteiger charge is 2.39. The Morgan fingerprint density at radius 1 is 1.14 bits per heavy atom. The fraction of sp³-hybridized carbons (Fsp3) is 0.600. The molecule has 1 saturated carbocycles. The lowest BCUT2D eigenvalue weighted by atomic mass is 10.0. The normalized spacial score (nSPS) is 28.3. The Hall–Kier alpha value is -1.16. The maximum atomic E-state index is 8.41. The molecule has 2 unspecified atom stereocenters. The van der Waals surface area contributed by atoms with Crippen molar-refractivity contribution in [1.82, 2.24) is 9.97 Å². The fourth-order valence-corrected chi connectivity index (χ4v) is 1.67. The molecule has 2 atom stereocenters. The molecular formula is C10H14N2O2. The number of aromatic hydroxyl groups is 1. The third kappa shape index (κ3) is 2.67. The summed E-state index contributed by atoms with van der Waals surface area (Å²) in [6.45, 7) is 0. The molecule has 1 aromatic heterocycles. The van der Waals surface area contributed by atoms with Gasteiger partial charge in [-0.3, -0.25) is 0 Å². The molecule has 0 aromatic carbocycles. The van der Waals surface area contributed by atoms with Crippen molar-refractivity contribution >= 4 is 0 Å². The first-order valence-electron chi connectivity index (χ1n) is 4.98. The van der Waals surface area contributed by atoms with E-state index >= 15 is 0 Å². The zero-order chi connectivity index (χ0) is 9.80. The Morgan fingerprint density at radius 3 is 2.07 bits per heavy atom. The molecular weight excluding hydrogens is 180 g/mol. The Kier molecular flexibility index (Phi) is 2.93. The summed E-state index contributed by atoms with van der Waals surface area (Å²) in [6.07, 6.45) is 9.84. The van der Waals surface area contributed by atoms with Crippen LogP contribution in [0.2, 0.25) is 0 Å². The average molecular weight is 194 g/mol. The molecule has 0 radical (unpaired) electrons. The van der Waals surface area contributed by atoms with E-state index in [1.54, 1.807) is 6.07 Å². The van der Waals surface area contributed by atoms with Gasteiger partial charge < -0.3 is 9.84 Å². The Balaban J connectivity index is 0.000000107. The molecule has 2 heterocycles. The quantitative estimate of drug-likeness (QED) is 0.636. The number of epoxide rings is 1. The van der Waals surface area contributed by atoms with E-state index in [2.05, 4.69) is 9.97 Å². The Labute approximate surface area is 83.0 Å². The summed E-state index contributed by atoms with van der Waals surface area (Å²) in [6, 6.07) is 1.46. The minimum absolute atomic E-state index is 0.178. The van der Waals surface area contributed by atoms with Crippen molar-refractivity contribution in [3.05, 3.63) is 18.5 Å². The molecule has 0 amide bonds. The van der Waals surface area contributed by atoms with Gasteiger partial charge in [-0.25, -0.2) is 9.97 Å². The fourth-order valence-electron chi connectivity index (χ4n) is 1.67. The lowest BCUT2D eigenvalue weighted by Gasteiger charge is -2.00. The predicted molar refractivity (Wildman–Crippen MR) is 50.8 cm³/mol. The van der Waals surface area contributed by atoms with Crippen molar-refractivity contribution < 1.29 is 9.84 Å². The van der Waals surface area contributed by atoms with E-state index in [1.807, 2.05) is 0 Å². The first-order chi connectivity index (χ1) is 6.86. The molecule has 1 saturated heterocycles. The van der Waals surface area contributed by atoms with E-state index in [0.717, 1.165) is 0 Å². The molecule has 14 heavy (non-hydrogen) atoms. The van der Waals surface area contributed by atoms with Gasteiger partial charge in [0.2, 0.25) is 0 Å². The van der Waals surface area contributed by atoms with Crippen LogP contribution >= 0.6 is 0 Å². The van der Waals surface area contributed by atoms with Gasteiger partial charge in [-0.05, 0) is 18.9 Å². The second kappa shape index (κ2) is 4.37. The van der Waals surface area contributed by atoms with Gasteiger partial charge in [0.05, 0.1) is 12.2 Å². The maximum Gasteiger partial charge on any atom is 0.313 e. The summed E-state index contributed by atoms with van der Waals surface area (Å²) in [5.74, 6) is 0. The predicted octanol–water partition coefficient (Wildman–Crippen LogP) is 1.51. The number of fused-ring (bicyclic) bond motifs is 1. The van der Waals surface area contributed by atoms with Crippen molar-refractivity contribution in [3.63, 3.8) is 0 Å². The number of rotatable bonds is 0. The van der Waals surface area contributed by atoms with Crippen LogP contribution in [-0.2, 0) is 4.74 Å². The summed E-state index contributed by atoms with van der Waals surface area (Å²) >= 11 is 0. The monoisotopic (exact) mass is 194 g/mol. The van der Waals surface area contributed by atoms with Gasteiger partial charge in [-0.1, -0.05) is 12.8 Å². The Bertz CT molecular complexity index is 269. The summed E-state index contributed by atoms with van der Waals surface area (Å²) in [5.41, 5.74) is 0. The van der Waals surface area contributed by atoms with Gasteiger partial charge in [0.15, 0.2) is 0 Å². The van der Waals surface area contributed by atoms with Crippen LogP contribution in [0.25, 0.3) is 0 Å². The molecule has 1 aliphatic carbocycles. The minimum Gasteiger partial charge on any atom is -0.479 e. The number of hydrogen-bond acceptors (Lipinski definition) is 4. The molecule has 76 valence electrons. The summed E-state index contributed by atoms with van der Waals surface area (Å²) < 4.78 is 5.28. The first-order valence-corrected chi connectivity index (χ1v) is 4.98. The van der Waals surface area contributed by atoms with Gasteiger partial charge in [-0.2, -0.15) is 0 Å². The standard InChI is InChI=1S/C6H10O.C4H4N2O/c1-2-4-6-5(3-1)7-6;7-4-5-2-1-3-6-4/h5-6H,1-4H2;1-3H,(H,5,6,7). The summed E-state index contributed by atoms with van der Waals surface area (Å²) in [7, 11) is 0. The number of ether oxygens (including phenoxy) is 1. The van der Waals surface area contributed by atoms with Gasteiger partial charge in [0, 0.05) is 12.4 Å². The highest BCUT2D eigenvalue weighted by molar-refractivity contribution is 4.89. The van der Waals surface area contributed by atoms with E-state index in [0.29, 0.717) is 12.2 Å². The largest absolute Gasteiger partial charge is 0.479 e. The molecule has 0 bridgehead atoms. The molecule has 1 aliphatic heterocycles. The number of aromatic nitrogens is 2. The molecule has 1 N–H and O–H groups in total. The molecule has 0 spiro atoms. The highest BCUT2D eigenvalue weighted by atomic mass is 16.6. The average Bonchev–Trinajstić information content (AvgIpc) is 2.98. The van der Waals surface area contributed by atoms with Crippen LogP contribution < -0.4 is 0 Å². The van der Waals surface area contributed by atoms with Crippen molar-refractivity contribution in [3.8, 4) is 6.01 Å². The molecule has 2 aliphatic rings. The molecule has 3 rings (SSSR count). The van der Waals surface area contributed by atoms with Gasteiger partial charge in [0.1, 0.15) is 0 Å². The van der Waals surface area contributed by atoms with Gasteiger partial charge in [0.25, 0.3) is 0 Å². The van der Waals surface area contributed by atoms with Gasteiger partial charge in [-0.15, -0.1) is 0 Å². The highest BCUT2D eigenvalue weighted by Crippen LogP contribution is 2.35. The lowest BCUT2D eigenvalue weighted by molar-refractivity contribution is 0.373. The van der Waals surface area contributed by atoms with E-state index in [-0.39, 0.29) is 6.01 Å². The number of nitrogens with zero attached hydrogens (tertiary/aromatic N) is 2. The van der Waals surface area contributed by atoms with E-state index < -0.39 is 0 Å². The van der Waals surface area contributed by atoms with Crippen molar-refractivity contribution in [1.29, 1.82) is 0 Å². The molecule has 1 aromatic rings. The third-order valence-electron chi connectivity index (χ3n) is 2.47. The third-order valence-corrected chi connectivity index (χ3v) is 2.47. The second-order valence-electron chi connectivity index (χ2n) is 3.55. The van der Waals surface area contributed by atoms with Gasteiger partial charge >= 0.3 is 6.01 Å².